The molecule has 0 aliphatic carbocycles. The monoisotopic (exact) mass is 247 g/mol. The van der Waals surface area contributed by atoms with Crippen molar-refractivity contribution < 1.29 is 17.9 Å². The molecule has 7 heteroatoms. The number of rotatable bonds is 1. The number of morpholine rings is 1. The number of nitrogens with zero attached hydrogens (tertiary/aromatic N) is 2. The minimum atomic E-state index is -4.45. The Balaban J connectivity index is 2.12. The topological polar surface area (TPSA) is 47.0 Å². The Kier molecular flexibility index (Phi) is 3.30. The van der Waals surface area contributed by atoms with Crippen molar-refractivity contribution in [1.82, 2.24) is 15.5 Å². The number of ether oxygens (including phenoxy) is 1. The van der Waals surface area contributed by atoms with Crippen LogP contribution in [0.25, 0.3) is 0 Å². The van der Waals surface area contributed by atoms with E-state index in [1.165, 1.54) is 6.07 Å². The average Bonchev–Trinajstić information content (AvgIpc) is 2.28. The molecule has 1 fully saturated rings. The maximum Gasteiger partial charge on any atom is 0.435 e. The zero-order valence-electron chi connectivity index (χ0n) is 9.16. The van der Waals surface area contributed by atoms with Crippen LogP contribution in [0.4, 0.5) is 13.2 Å². The van der Waals surface area contributed by atoms with Gasteiger partial charge in [-0.3, -0.25) is 0 Å². The van der Waals surface area contributed by atoms with Crippen molar-refractivity contribution in [1.29, 1.82) is 0 Å². The molecule has 17 heavy (non-hydrogen) atoms. The molecule has 0 radical (unpaired) electrons. The van der Waals surface area contributed by atoms with Gasteiger partial charge in [0.05, 0.1) is 24.9 Å². The summed E-state index contributed by atoms with van der Waals surface area (Å²) in [6.45, 7) is 2.92. The van der Waals surface area contributed by atoms with Gasteiger partial charge in [0, 0.05) is 6.04 Å². The van der Waals surface area contributed by atoms with E-state index in [0.29, 0.717) is 18.9 Å². The van der Waals surface area contributed by atoms with Gasteiger partial charge in [-0.15, -0.1) is 5.10 Å². The highest BCUT2D eigenvalue weighted by atomic mass is 19.4. The minimum Gasteiger partial charge on any atom is -0.378 e. The molecule has 2 rings (SSSR count). The highest BCUT2D eigenvalue weighted by molar-refractivity contribution is 5.13. The summed E-state index contributed by atoms with van der Waals surface area (Å²) >= 11 is 0. The predicted molar refractivity (Wildman–Crippen MR) is 53.2 cm³/mol. The zero-order chi connectivity index (χ0) is 12.5. The van der Waals surface area contributed by atoms with Crippen LogP contribution >= 0.6 is 0 Å². The summed E-state index contributed by atoms with van der Waals surface area (Å²) in [7, 11) is 0. The van der Waals surface area contributed by atoms with Crippen molar-refractivity contribution in [2.24, 2.45) is 0 Å². The van der Waals surface area contributed by atoms with E-state index in [9.17, 15) is 13.2 Å². The van der Waals surface area contributed by atoms with Gasteiger partial charge < -0.3 is 10.1 Å². The van der Waals surface area contributed by atoms with E-state index in [0.717, 1.165) is 6.07 Å². The lowest BCUT2D eigenvalue weighted by atomic mass is 10.1. The molecule has 1 aliphatic rings. The molecule has 1 aromatic heterocycles. The standard InChI is InChI=1S/C10H12F3N3O/c1-6-4-17-5-8(14-6)7-2-3-9(16-15-7)10(11,12)13/h2-3,6,8,14H,4-5H2,1H3/t6-,8-/m1/s1. The van der Waals surface area contributed by atoms with Crippen LogP contribution in [0, 0.1) is 0 Å². The van der Waals surface area contributed by atoms with Crippen molar-refractivity contribution in [3.63, 3.8) is 0 Å². The van der Waals surface area contributed by atoms with Crippen molar-refractivity contribution >= 4 is 0 Å². The third-order valence-corrected chi connectivity index (χ3v) is 2.47. The fourth-order valence-corrected chi connectivity index (χ4v) is 1.65. The van der Waals surface area contributed by atoms with Crippen LogP contribution in [0.15, 0.2) is 12.1 Å². The summed E-state index contributed by atoms with van der Waals surface area (Å²) in [5, 5.41) is 9.95. The van der Waals surface area contributed by atoms with Gasteiger partial charge in [0.15, 0.2) is 5.69 Å². The van der Waals surface area contributed by atoms with E-state index in [-0.39, 0.29) is 12.1 Å². The van der Waals surface area contributed by atoms with Gasteiger partial charge in [-0.1, -0.05) is 0 Å². The third-order valence-electron chi connectivity index (χ3n) is 2.47. The van der Waals surface area contributed by atoms with E-state index >= 15 is 0 Å². The molecule has 1 saturated heterocycles. The first-order valence-corrected chi connectivity index (χ1v) is 5.21. The number of nitrogens with one attached hydrogen (secondary N) is 1. The molecule has 0 saturated carbocycles. The van der Waals surface area contributed by atoms with Gasteiger partial charge in [0.1, 0.15) is 0 Å². The van der Waals surface area contributed by atoms with Crippen molar-refractivity contribution in [2.75, 3.05) is 13.2 Å². The Hall–Kier alpha value is -1.21. The molecule has 0 aromatic carbocycles. The Morgan fingerprint density at radius 1 is 1.29 bits per heavy atom. The maximum atomic E-state index is 12.3. The fourth-order valence-electron chi connectivity index (χ4n) is 1.65. The first-order valence-electron chi connectivity index (χ1n) is 5.21. The van der Waals surface area contributed by atoms with Gasteiger partial charge in [-0.25, -0.2) is 0 Å². The number of aromatic nitrogens is 2. The second kappa shape index (κ2) is 4.58. The number of alkyl halides is 3. The van der Waals surface area contributed by atoms with Crippen LogP contribution in [-0.4, -0.2) is 29.5 Å². The van der Waals surface area contributed by atoms with Crippen LogP contribution < -0.4 is 5.32 Å². The van der Waals surface area contributed by atoms with Crippen LogP contribution in [0.5, 0.6) is 0 Å². The molecule has 4 nitrogen and oxygen atoms in total. The molecular weight excluding hydrogens is 235 g/mol. The molecule has 94 valence electrons. The number of halogens is 3. The minimum absolute atomic E-state index is 0.151. The second-order valence-electron chi connectivity index (χ2n) is 4.00. The third kappa shape index (κ3) is 2.92. The van der Waals surface area contributed by atoms with E-state index in [1.54, 1.807) is 0 Å². The lowest BCUT2D eigenvalue weighted by molar-refractivity contribution is -0.141. The summed E-state index contributed by atoms with van der Waals surface area (Å²) in [6.07, 6.45) is -4.45. The lowest BCUT2D eigenvalue weighted by Gasteiger charge is -2.28. The van der Waals surface area contributed by atoms with Gasteiger partial charge in [0.25, 0.3) is 0 Å². The second-order valence-corrected chi connectivity index (χ2v) is 4.00. The summed E-state index contributed by atoms with van der Waals surface area (Å²) in [6, 6.07) is 2.21. The zero-order valence-corrected chi connectivity index (χ0v) is 9.16. The molecule has 0 spiro atoms. The summed E-state index contributed by atoms with van der Waals surface area (Å²) in [5.41, 5.74) is -0.518. The normalized spacial score (nSPS) is 25.9. The molecule has 1 aromatic rings. The van der Waals surface area contributed by atoms with Gasteiger partial charge in [-0.05, 0) is 19.1 Å². The quantitative estimate of drug-likeness (QED) is 0.817. The molecular formula is C10H12F3N3O. The molecule has 1 aliphatic heterocycles. The highest BCUT2D eigenvalue weighted by Crippen LogP contribution is 2.27. The van der Waals surface area contributed by atoms with Crippen molar-refractivity contribution in [3.05, 3.63) is 23.5 Å². The predicted octanol–water partition coefficient (Wildman–Crippen LogP) is 1.54. The van der Waals surface area contributed by atoms with Gasteiger partial charge >= 0.3 is 6.18 Å². The smallest absolute Gasteiger partial charge is 0.378 e. The number of hydrogen-bond acceptors (Lipinski definition) is 4. The first-order chi connectivity index (χ1) is 7.97. The van der Waals surface area contributed by atoms with Gasteiger partial charge in [-0.2, -0.15) is 18.3 Å². The summed E-state index contributed by atoms with van der Waals surface area (Å²) in [4.78, 5) is 0. The number of hydrogen-bond donors (Lipinski definition) is 1. The Morgan fingerprint density at radius 2 is 2.06 bits per heavy atom. The van der Waals surface area contributed by atoms with Crippen LogP contribution in [0.2, 0.25) is 0 Å². The van der Waals surface area contributed by atoms with Gasteiger partial charge in [0.2, 0.25) is 0 Å². The lowest BCUT2D eigenvalue weighted by Crippen LogP contribution is -2.42. The molecule has 2 atom stereocenters. The molecule has 2 heterocycles. The molecule has 1 N–H and O–H groups in total. The van der Waals surface area contributed by atoms with Crippen LogP contribution in [0.1, 0.15) is 24.4 Å². The summed E-state index contributed by atoms with van der Waals surface area (Å²) in [5.74, 6) is 0. The molecule has 0 unspecified atom stereocenters. The molecule has 0 bridgehead atoms. The van der Waals surface area contributed by atoms with Crippen molar-refractivity contribution in [2.45, 2.75) is 25.2 Å². The molecule has 0 amide bonds. The van der Waals surface area contributed by atoms with Crippen LogP contribution in [0.3, 0.4) is 0 Å². The maximum absolute atomic E-state index is 12.3. The fraction of sp³-hybridized carbons (Fsp3) is 0.600. The average molecular weight is 247 g/mol. The van der Waals surface area contributed by atoms with E-state index in [2.05, 4.69) is 15.5 Å². The van der Waals surface area contributed by atoms with E-state index < -0.39 is 11.9 Å². The first kappa shape index (κ1) is 12.3. The largest absolute Gasteiger partial charge is 0.435 e. The summed E-state index contributed by atoms with van der Waals surface area (Å²) < 4.78 is 42.1. The van der Waals surface area contributed by atoms with E-state index in [4.69, 9.17) is 4.74 Å². The van der Waals surface area contributed by atoms with Crippen molar-refractivity contribution in [3.8, 4) is 0 Å². The SMILES string of the molecule is C[C@@H]1COC[C@H](c2ccc(C(F)(F)F)nn2)N1. The Bertz CT molecular complexity index is 379. The van der Waals surface area contributed by atoms with Crippen LogP contribution in [-0.2, 0) is 10.9 Å². The Labute approximate surface area is 96.2 Å². The van der Waals surface area contributed by atoms with E-state index in [1.807, 2.05) is 6.92 Å². The highest BCUT2D eigenvalue weighted by Gasteiger charge is 2.33. The Morgan fingerprint density at radius 3 is 2.59 bits per heavy atom.